The molecular weight excluding hydrogens is 360 g/mol. The van der Waals surface area contributed by atoms with Crippen LogP contribution in [0.5, 0.6) is 0 Å². The van der Waals surface area contributed by atoms with Crippen LogP contribution in [-0.4, -0.2) is 24.2 Å². The second-order valence-electron chi connectivity index (χ2n) is 3.70. The van der Waals surface area contributed by atoms with Crippen LogP contribution in [0.2, 0.25) is 0 Å². The van der Waals surface area contributed by atoms with E-state index in [1.54, 1.807) is 0 Å². The molecule has 2 nitrogen and oxygen atoms in total. The molecule has 2 unspecified atom stereocenters. The van der Waals surface area contributed by atoms with Crippen molar-refractivity contribution in [3.05, 3.63) is 32.7 Å². The van der Waals surface area contributed by atoms with Gasteiger partial charge in [-0.05, 0) is 24.6 Å². The first kappa shape index (κ1) is 15.0. The Morgan fingerprint density at radius 2 is 2.00 bits per heavy atom. The molecule has 2 atom stereocenters. The Morgan fingerprint density at radius 3 is 2.53 bits per heavy atom. The van der Waals surface area contributed by atoms with Gasteiger partial charge in [-0.25, -0.2) is 8.78 Å². The predicted octanol–water partition coefficient (Wildman–Crippen LogP) is 3.49. The Labute approximate surface area is 116 Å². The van der Waals surface area contributed by atoms with E-state index in [4.69, 9.17) is 5.11 Å². The Kier molecular flexibility index (Phi) is 5.99. The van der Waals surface area contributed by atoms with Crippen LogP contribution in [0, 0.1) is 0 Å². The minimum Gasteiger partial charge on any atom is -0.386 e. The normalized spacial score (nSPS) is 15.0. The summed E-state index contributed by atoms with van der Waals surface area (Å²) in [7, 11) is 0. The third-order valence-corrected chi connectivity index (χ3v) is 3.53. The highest BCUT2D eigenvalue weighted by molar-refractivity contribution is 9.11. The average Bonchev–Trinajstić information content (AvgIpc) is 2.25. The molecule has 0 saturated heterocycles. The van der Waals surface area contributed by atoms with Crippen molar-refractivity contribution in [1.29, 1.82) is 0 Å². The zero-order valence-corrected chi connectivity index (χ0v) is 12.3. The molecule has 1 rings (SSSR count). The third-order valence-electron chi connectivity index (χ3n) is 2.35. The van der Waals surface area contributed by atoms with Crippen molar-refractivity contribution >= 4 is 31.9 Å². The van der Waals surface area contributed by atoms with Gasteiger partial charge >= 0.3 is 0 Å². The van der Waals surface area contributed by atoms with Crippen molar-refractivity contribution in [1.82, 2.24) is 5.32 Å². The molecule has 0 aromatic heterocycles. The molecular formula is C11H13Br2F2NO. The SMILES string of the molecule is CC(NCC(O)C(F)F)c1ccc(Br)cc1Br. The van der Waals surface area contributed by atoms with Crippen LogP contribution < -0.4 is 5.32 Å². The lowest BCUT2D eigenvalue weighted by Crippen LogP contribution is -2.33. The summed E-state index contributed by atoms with van der Waals surface area (Å²) >= 11 is 6.74. The van der Waals surface area contributed by atoms with E-state index in [2.05, 4.69) is 37.2 Å². The van der Waals surface area contributed by atoms with Gasteiger partial charge < -0.3 is 10.4 Å². The number of hydrogen-bond acceptors (Lipinski definition) is 2. The number of aliphatic hydroxyl groups excluding tert-OH is 1. The summed E-state index contributed by atoms with van der Waals surface area (Å²) in [5.41, 5.74) is 0.953. The molecule has 1 aromatic rings. The zero-order valence-electron chi connectivity index (χ0n) is 9.13. The van der Waals surface area contributed by atoms with Gasteiger partial charge in [0.25, 0.3) is 6.43 Å². The van der Waals surface area contributed by atoms with Crippen molar-refractivity contribution < 1.29 is 13.9 Å². The maximum absolute atomic E-state index is 12.1. The first-order valence-electron chi connectivity index (χ1n) is 5.06. The lowest BCUT2D eigenvalue weighted by molar-refractivity contribution is -0.00440. The molecule has 0 radical (unpaired) electrons. The highest BCUT2D eigenvalue weighted by Crippen LogP contribution is 2.26. The lowest BCUT2D eigenvalue weighted by Gasteiger charge is -2.18. The molecule has 6 heteroatoms. The van der Waals surface area contributed by atoms with Crippen LogP contribution in [-0.2, 0) is 0 Å². The second kappa shape index (κ2) is 6.78. The molecule has 0 saturated carbocycles. The van der Waals surface area contributed by atoms with Gasteiger partial charge in [0.15, 0.2) is 0 Å². The number of alkyl halides is 2. The van der Waals surface area contributed by atoms with Crippen molar-refractivity contribution in [3.8, 4) is 0 Å². The number of halogens is 4. The lowest BCUT2D eigenvalue weighted by atomic mass is 10.1. The van der Waals surface area contributed by atoms with Crippen LogP contribution in [0.1, 0.15) is 18.5 Å². The molecule has 0 bridgehead atoms. The molecule has 0 heterocycles. The van der Waals surface area contributed by atoms with E-state index >= 15 is 0 Å². The van der Waals surface area contributed by atoms with Crippen molar-refractivity contribution in [2.75, 3.05) is 6.54 Å². The summed E-state index contributed by atoms with van der Waals surface area (Å²) in [6.45, 7) is 1.72. The summed E-state index contributed by atoms with van der Waals surface area (Å²) in [5, 5.41) is 11.9. The van der Waals surface area contributed by atoms with Gasteiger partial charge in [-0.1, -0.05) is 37.9 Å². The summed E-state index contributed by atoms with van der Waals surface area (Å²) in [5.74, 6) is 0. The average molecular weight is 373 g/mol. The van der Waals surface area contributed by atoms with E-state index in [-0.39, 0.29) is 12.6 Å². The standard InChI is InChI=1S/C11H13Br2F2NO/c1-6(16-5-10(17)11(14)15)8-3-2-7(12)4-9(8)13/h2-4,6,10-11,16-17H,5H2,1H3. The van der Waals surface area contributed by atoms with Gasteiger partial charge in [-0.3, -0.25) is 0 Å². The van der Waals surface area contributed by atoms with Crippen molar-refractivity contribution in [2.45, 2.75) is 25.5 Å². The molecule has 0 fully saturated rings. The number of benzene rings is 1. The Bertz CT molecular complexity index is 376. The van der Waals surface area contributed by atoms with Gasteiger partial charge in [0.1, 0.15) is 6.10 Å². The van der Waals surface area contributed by atoms with Gasteiger partial charge in [-0.15, -0.1) is 0 Å². The van der Waals surface area contributed by atoms with Crippen LogP contribution in [0.3, 0.4) is 0 Å². The summed E-state index contributed by atoms with van der Waals surface area (Å²) in [6, 6.07) is 5.53. The Balaban J connectivity index is 2.61. The van der Waals surface area contributed by atoms with Crippen molar-refractivity contribution in [3.63, 3.8) is 0 Å². The minimum absolute atomic E-state index is 0.120. The molecule has 96 valence electrons. The maximum Gasteiger partial charge on any atom is 0.265 e. The van der Waals surface area contributed by atoms with Crippen LogP contribution >= 0.6 is 31.9 Å². The monoisotopic (exact) mass is 371 g/mol. The summed E-state index contributed by atoms with van der Waals surface area (Å²) < 4.78 is 26.0. The van der Waals surface area contributed by atoms with Gasteiger partial charge in [0, 0.05) is 21.5 Å². The molecule has 0 spiro atoms. The highest BCUT2D eigenvalue weighted by atomic mass is 79.9. The molecule has 1 aromatic carbocycles. The second-order valence-corrected chi connectivity index (χ2v) is 5.47. The van der Waals surface area contributed by atoms with E-state index in [0.29, 0.717) is 0 Å². The van der Waals surface area contributed by atoms with E-state index in [1.807, 2.05) is 25.1 Å². The zero-order chi connectivity index (χ0) is 13.0. The summed E-state index contributed by atoms with van der Waals surface area (Å²) in [6.07, 6.45) is -4.35. The van der Waals surface area contributed by atoms with E-state index < -0.39 is 12.5 Å². The summed E-state index contributed by atoms with van der Waals surface area (Å²) in [4.78, 5) is 0. The molecule has 17 heavy (non-hydrogen) atoms. The Morgan fingerprint density at radius 1 is 1.35 bits per heavy atom. The van der Waals surface area contributed by atoms with Crippen LogP contribution in [0.15, 0.2) is 27.1 Å². The quantitative estimate of drug-likeness (QED) is 0.829. The molecule has 0 amide bonds. The fraction of sp³-hybridized carbons (Fsp3) is 0.455. The maximum atomic E-state index is 12.1. The van der Waals surface area contributed by atoms with Crippen molar-refractivity contribution in [2.24, 2.45) is 0 Å². The van der Waals surface area contributed by atoms with Gasteiger partial charge in [0.05, 0.1) is 0 Å². The van der Waals surface area contributed by atoms with Gasteiger partial charge in [0.2, 0.25) is 0 Å². The molecule has 0 aliphatic rings. The number of rotatable bonds is 5. The predicted molar refractivity (Wildman–Crippen MR) is 70.3 cm³/mol. The fourth-order valence-corrected chi connectivity index (χ4v) is 2.74. The first-order valence-corrected chi connectivity index (χ1v) is 6.65. The molecule has 2 N–H and O–H groups in total. The van der Waals surface area contributed by atoms with Gasteiger partial charge in [-0.2, -0.15) is 0 Å². The number of hydrogen-bond donors (Lipinski definition) is 2. The van der Waals surface area contributed by atoms with Crippen LogP contribution in [0.25, 0.3) is 0 Å². The largest absolute Gasteiger partial charge is 0.386 e. The third kappa shape index (κ3) is 4.62. The fourth-order valence-electron chi connectivity index (χ4n) is 1.35. The van der Waals surface area contributed by atoms with E-state index in [9.17, 15) is 8.78 Å². The number of aliphatic hydroxyl groups is 1. The molecule has 0 aliphatic heterocycles. The first-order chi connectivity index (χ1) is 7.91. The highest BCUT2D eigenvalue weighted by Gasteiger charge is 2.18. The number of nitrogens with one attached hydrogen (secondary N) is 1. The van der Waals surface area contributed by atoms with Crippen LogP contribution in [0.4, 0.5) is 8.78 Å². The smallest absolute Gasteiger partial charge is 0.265 e. The Hall–Kier alpha value is -0.0400. The topological polar surface area (TPSA) is 32.3 Å². The van der Waals surface area contributed by atoms with E-state index in [0.717, 1.165) is 14.5 Å². The molecule has 0 aliphatic carbocycles. The minimum atomic E-state index is -2.72. The van der Waals surface area contributed by atoms with E-state index in [1.165, 1.54) is 0 Å².